The lowest BCUT2D eigenvalue weighted by molar-refractivity contribution is 0.144. The van der Waals surface area contributed by atoms with Crippen LogP contribution in [0.15, 0.2) is 0 Å². The molecule has 1 aliphatic heterocycles. The fraction of sp³-hybridized carbons (Fsp3) is 0.857. The van der Waals surface area contributed by atoms with E-state index < -0.39 is 6.09 Å². The van der Waals surface area contributed by atoms with Crippen LogP contribution in [-0.4, -0.2) is 41.3 Å². The number of nitrogens with zero attached hydrogens (tertiary/aromatic N) is 1. The summed E-state index contributed by atoms with van der Waals surface area (Å²) in [5.41, 5.74) is 11.4. The van der Waals surface area contributed by atoms with Crippen molar-refractivity contribution in [3.05, 3.63) is 0 Å². The highest BCUT2D eigenvalue weighted by molar-refractivity contribution is 5.65. The lowest BCUT2D eigenvalue weighted by Crippen LogP contribution is -2.47. The lowest BCUT2D eigenvalue weighted by atomic mass is 10.1. The summed E-state index contributed by atoms with van der Waals surface area (Å²) in [7, 11) is 0. The van der Waals surface area contributed by atoms with E-state index in [1.165, 1.54) is 4.90 Å². The zero-order valence-electron chi connectivity index (χ0n) is 6.94. The standard InChI is InChI=1S/C7H15N3O2/c8-5-2-1-3-10(7(11)12)4-6(5)9/h5-6H,1-4,8-9H2,(H,11,12)/t5-,6+/m0/s1. The fourth-order valence-electron chi connectivity index (χ4n) is 1.39. The second-order valence-corrected chi connectivity index (χ2v) is 3.20. The van der Waals surface area contributed by atoms with Crippen LogP contribution in [0.5, 0.6) is 0 Å². The topological polar surface area (TPSA) is 92.6 Å². The molecule has 12 heavy (non-hydrogen) atoms. The third-order valence-corrected chi connectivity index (χ3v) is 2.22. The van der Waals surface area contributed by atoms with Gasteiger partial charge >= 0.3 is 6.09 Å². The largest absolute Gasteiger partial charge is 0.465 e. The van der Waals surface area contributed by atoms with Crippen molar-refractivity contribution in [2.24, 2.45) is 11.5 Å². The van der Waals surface area contributed by atoms with Gasteiger partial charge in [-0.05, 0) is 12.8 Å². The number of amides is 1. The summed E-state index contributed by atoms with van der Waals surface area (Å²) in [5.74, 6) is 0. The molecule has 0 spiro atoms. The first-order valence-electron chi connectivity index (χ1n) is 4.10. The maximum Gasteiger partial charge on any atom is 0.407 e. The molecule has 2 atom stereocenters. The van der Waals surface area contributed by atoms with Crippen molar-refractivity contribution in [2.75, 3.05) is 13.1 Å². The average molecular weight is 173 g/mol. The van der Waals surface area contributed by atoms with Crippen LogP contribution >= 0.6 is 0 Å². The molecule has 0 unspecified atom stereocenters. The maximum atomic E-state index is 10.6. The van der Waals surface area contributed by atoms with Gasteiger partial charge in [0, 0.05) is 25.2 Å². The Hall–Kier alpha value is -0.810. The van der Waals surface area contributed by atoms with Gasteiger partial charge in [-0.1, -0.05) is 0 Å². The molecule has 1 saturated heterocycles. The molecule has 0 saturated carbocycles. The quantitative estimate of drug-likeness (QED) is 0.456. The molecule has 0 aromatic carbocycles. The Morgan fingerprint density at radius 1 is 1.42 bits per heavy atom. The molecule has 0 aliphatic carbocycles. The molecule has 70 valence electrons. The van der Waals surface area contributed by atoms with E-state index in [-0.39, 0.29) is 12.1 Å². The van der Waals surface area contributed by atoms with Gasteiger partial charge in [-0.25, -0.2) is 4.79 Å². The van der Waals surface area contributed by atoms with Crippen molar-refractivity contribution in [1.82, 2.24) is 4.90 Å². The summed E-state index contributed by atoms with van der Waals surface area (Å²) in [6.07, 6.45) is 0.714. The molecular weight excluding hydrogens is 158 g/mol. The molecule has 1 amide bonds. The summed E-state index contributed by atoms with van der Waals surface area (Å²) in [4.78, 5) is 11.9. The molecule has 5 N–H and O–H groups in total. The van der Waals surface area contributed by atoms with Crippen LogP contribution in [-0.2, 0) is 0 Å². The number of hydrogen-bond donors (Lipinski definition) is 3. The number of hydrogen-bond acceptors (Lipinski definition) is 3. The number of likely N-dealkylation sites (tertiary alicyclic amines) is 1. The van der Waals surface area contributed by atoms with Gasteiger partial charge in [0.15, 0.2) is 0 Å². The Kier molecular flexibility index (Phi) is 2.88. The number of carboxylic acid groups (broad SMARTS) is 1. The highest BCUT2D eigenvalue weighted by Crippen LogP contribution is 2.08. The Morgan fingerprint density at radius 2 is 2.08 bits per heavy atom. The predicted molar refractivity (Wildman–Crippen MR) is 44.8 cm³/mol. The molecule has 1 aliphatic rings. The lowest BCUT2D eigenvalue weighted by Gasteiger charge is -2.20. The van der Waals surface area contributed by atoms with Gasteiger partial charge in [-0.2, -0.15) is 0 Å². The Balaban J connectivity index is 2.54. The van der Waals surface area contributed by atoms with Crippen LogP contribution in [0, 0.1) is 0 Å². The SMILES string of the molecule is N[C@@H]1CN(C(=O)O)CCC[C@@H]1N. The minimum absolute atomic E-state index is 0.0608. The van der Waals surface area contributed by atoms with Crippen LogP contribution in [0.25, 0.3) is 0 Å². The van der Waals surface area contributed by atoms with Crippen molar-refractivity contribution in [3.8, 4) is 0 Å². The molecule has 0 aromatic heterocycles. The average Bonchev–Trinajstić information content (AvgIpc) is 2.15. The Labute approximate surface area is 71.3 Å². The molecule has 0 aromatic rings. The van der Waals surface area contributed by atoms with Crippen LogP contribution in [0.3, 0.4) is 0 Å². The molecule has 0 bridgehead atoms. The molecule has 0 radical (unpaired) electrons. The Morgan fingerprint density at radius 3 is 2.67 bits per heavy atom. The monoisotopic (exact) mass is 173 g/mol. The van der Waals surface area contributed by atoms with E-state index in [1.54, 1.807) is 0 Å². The van der Waals surface area contributed by atoms with Gasteiger partial charge in [0.1, 0.15) is 0 Å². The summed E-state index contributed by atoms with van der Waals surface area (Å²) in [6.45, 7) is 0.910. The molecule has 1 fully saturated rings. The third-order valence-electron chi connectivity index (χ3n) is 2.22. The molecule has 1 heterocycles. The fourth-order valence-corrected chi connectivity index (χ4v) is 1.39. The first-order valence-corrected chi connectivity index (χ1v) is 4.10. The normalized spacial score (nSPS) is 31.3. The van der Waals surface area contributed by atoms with Crippen LogP contribution < -0.4 is 11.5 Å². The van der Waals surface area contributed by atoms with Crippen LogP contribution in [0.2, 0.25) is 0 Å². The van der Waals surface area contributed by atoms with E-state index >= 15 is 0 Å². The summed E-state index contributed by atoms with van der Waals surface area (Å²) >= 11 is 0. The van der Waals surface area contributed by atoms with Gasteiger partial charge in [0.25, 0.3) is 0 Å². The molecular formula is C7H15N3O2. The van der Waals surface area contributed by atoms with Gasteiger partial charge in [0.2, 0.25) is 0 Å². The molecule has 1 rings (SSSR count). The highest BCUT2D eigenvalue weighted by Gasteiger charge is 2.23. The van der Waals surface area contributed by atoms with Crippen LogP contribution in [0.1, 0.15) is 12.8 Å². The second-order valence-electron chi connectivity index (χ2n) is 3.20. The van der Waals surface area contributed by atoms with Crippen molar-refractivity contribution >= 4 is 6.09 Å². The minimum Gasteiger partial charge on any atom is -0.465 e. The van der Waals surface area contributed by atoms with Gasteiger partial charge in [-0.3, -0.25) is 0 Å². The predicted octanol–water partition coefficient (Wildman–Crippen LogP) is -0.585. The van der Waals surface area contributed by atoms with Crippen molar-refractivity contribution in [2.45, 2.75) is 24.9 Å². The smallest absolute Gasteiger partial charge is 0.407 e. The van der Waals surface area contributed by atoms with E-state index in [4.69, 9.17) is 16.6 Å². The van der Waals surface area contributed by atoms with Crippen LogP contribution in [0.4, 0.5) is 4.79 Å². The zero-order valence-corrected chi connectivity index (χ0v) is 6.94. The van der Waals surface area contributed by atoms with E-state index in [2.05, 4.69) is 0 Å². The van der Waals surface area contributed by atoms with Gasteiger partial charge in [-0.15, -0.1) is 0 Å². The molecule has 5 nitrogen and oxygen atoms in total. The third kappa shape index (κ3) is 2.09. The Bertz CT molecular complexity index is 174. The summed E-state index contributed by atoms with van der Waals surface area (Å²) < 4.78 is 0. The van der Waals surface area contributed by atoms with Crippen molar-refractivity contribution < 1.29 is 9.90 Å². The van der Waals surface area contributed by atoms with E-state index in [0.717, 1.165) is 12.8 Å². The summed E-state index contributed by atoms with van der Waals surface area (Å²) in [5, 5.41) is 8.70. The highest BCUT2D eigenvalue weighted by atomic mass is 16.4. The van der Waals surface area contributed by atoms with Gasteiger partial charge < -0.3 is 21.5 Å². The zero-order chi connectivity index (χ0) is 9.14. The second kappa shape index (κ2) is 3.73. The first-order chi connectivity index (χ1) is 5.61. The molecule has 5 heteroatoms. The van der Waals surface area contributed by atoms with E-state index in [0.29, 0.717) is 13.1 Å². The first kappa shape index (κ1) is 9.28. The maximum absolute atomic E-state index is 10.6. The van der Waals surface area contributed by atoms with Gasteiger partial charge in [0.05, 0.1) is 0 Å². The number of nitrogens with two attached hydrogens (primary N) is 2. The summed E-state index contributed by atoms with van der Waals surface area (Å²) in [6, 6.07) is -0.280. The van der Waals surface area contributed by atoms with E-state index in [1.807, 2.05) is 0 Å². The van der Waals surface area contributed by atoms with Crippen molar-refractivity contribution in [1.29, 1.82) is 0 Å². The number of carbonyl (C=O) groups is 1. The minimum atomic E-state index is -0.903. The van der Waals surface area contributed by atoms with Crippen molar-refractivity contribution in [3.63, 3.8) is 0 Å². The number of rotatable bonds is 0. The van der Waals surface area contributed by atoms with E-state index in [9.17, 15) is 4.79 Å².